The minimum Gasteiger partial charge on any atom is -0.406 e. The van der Waals surface area contributed by atoms with E-state index in [1.54, 1.807) is 0 Å². The molecule has 112 valence electrons. The molecule has 0 aliphatic carbocycles. The lowest BCUT2D eigenvalue weighted by Crippen LogP contribution is -2.43. The van der Waals surface area contributed by atoms with Gasteiger partial charge in [0.25, 0.3) is 5.91 Å². The Balaban J connectivity index is 2.66. The molecule has 3 N–H and O–H groups in total. The Bertz CT molecular complexity index is 435. The normalized spacial score (nSPS) is 12.8. The van der Waals surface area contributed by atoms with Crippen molar-refractivity contribution >= 4 is 5.91 Å². The summed E-state index contributed by atoms with van der Waals surface area (Å²) in [4.78, 5) is 11.8. The first-order chi connectivity index (χ1) is 9.35. The lowest BCUT2D eigenvalue weighted by atomic mass is 10.2. The van der Waals surface area contributed by atoms with Crippen LogP contribution in [0.5, 0.6) is 5.75 Å². The predicted octanol–water partition coefficient (Wildman–Crippen LogP) is 1.29. The average molecular weight is 292 g/mol. The highest BCUT2D eigenvalue weighted by molar-refractivity contribution is 5.94. The highest BCUT2D eigenvalue weighted by atomic mass is 19.4. The van der Waals surface area contributed by atoms with E-state index in [1.807, 2.05) is 0 Å². The highest BCUT2D eigenvalue weighted by Gasteiger charge is 2.31. The maximum absolute atomic E-state index is 12.0. The topological polar surface area (TPSA) is 73.6 Å². The smallest absolute Gasteiger partial charge is 0.406 e. The van der Waals surface area contributed by atoms with Crippen LogP contribution in [0, 0.1) is 0 Å². The van der Waals surface area contributed by atoms with Gasteiger partial charge in [-0.2, -0.15) is 0 Å². The van der Waals surface area contributed by atoms with Gasteiger partial charge in [0.1, 0.15) is 5.75 Å². The molecule has 5 nitrogen and oxygen atoms in total. The van der Waals surface area contributed by atoms with Gasteiger partial charge in [0.15, 0.2) is 0 Å². The van der Waals surface area contributed by atoms with E-state index in [2.05, 4.69) is 10.1 Å². The average Bonchev–Trinajstić information content (AvgIpc) is 2.37. The van der Waals surface area contributed by atoms with Crippen molar-refractivity contribution in [2.24, 2.45) is 5.73 Å². The summed E-state index contributed by atoms with van der Waals surface area (Å²) in [6, 6.07) is 4.23. The quantitative estimate of drug-likeness (QED) is 0.828. The molecule has 1 aromatic carbocycles. The molecule has 0 saturated heterocycles. The number of hydrogen-bond acceptors (Lipinski definition) is 4. The Morgan fingerprint density at radius 2 is 1.95 bits per heavy atom. The van der Waals surface area contributed by atoms with Crippen LogP contribution in [0.25, 0.3) is 0 Å². The van der Waals surface area contributed by atoms with Gasteiger partial charge >= 0.3 is 6.36 Å². The lowest BCUT2D eigenvalue weighted by Gasteiger charge is -2.16. The van der Waals surface area contributed by atoms with Crippen LogP contribution >= 0.6 is 0 Å². The molecule has 1 amide bonds. The van der Waals surface area contributed by atoms with Crippen molar-refractivity contribution < 1.29 is 27.4 Å². The van der Waals surface area contributed by atoms with Gasteiger partial charge in [-0.05, 0) is 24.3 Å². The number of nitrogens with two attached hydrogens (primary N) is 1. The van der Waals surface area contributed by atoms with E-state index in [4.69, 9.17) is 10.5 Å². The molecule has 0 heterocycles. The van der Waals surface area contributed by atoms with Crippen LogP contribution in [0.3, 0.4) is 0 Å². The van der Waals surface area contributed by atoms with E-state index in [0.717, 1.165) is 12.1 Å². The number of amides is 1. The fourth-order valence-corrected chi connectivity index (χ4v) is 1.45. The minimum absolute atomic E-state index is 0.189. The zero-order chi connectivity index (χ0) is 15.2. The number of carbonyl (C=O) groups excluding carboxylic acids is 1. The van der Waals surface area contributed by atoms with Gasteiger partial charge < -0.3 is 20.5 Å². The van der Waals surface area contributed by atoms with Crippen LogP contribution in [-0.2, 0) is 4.74 Å². The molecule has 0 aromatic heterocycles. The number of methoxy groups -OCH3 is 1. The number of nitrogens with one attached hydrogen (secondary N) is 1. The summed E-state index contributed by atoms with van der Waals surface area (Å²) in [5.41, 5.74) is 5.64. The van der Waals surface area contributed by atoms with Crippen molar-refractivity contribution in [2.45, 2.75) is 12.4 Å². The summed E-state index contributed by atoms with van der Waals surface area (Å²) in [6.07, 6.45) is -4.76. The van der Waals surface area contributed by atoms with Gasteiger partial charge in [0.2, 0.25) is 0 Å². The largest absolute Gasteiger partial charge is 0.573 e. The number of ether oxygens (including phenoxy) is 2. The Kier molecular flexibility index (Phi) is 5.78. The van der Waals surface area contributed by atoms with Crippen LogP contribution in [0.1, 0.15) is 10.4 Å². The molecule has 0 radical (unpaired) electrons. The summed E-state index contributed by atoms with van der Waals surface area (Å²) < 4.78 is 44.5. The number of hydrogen-bond donors (Lipinski definition) is 2. The summed E-state index contributed by atoms with van der Waals surface area (Å²) in [7, 11) is 1.47. The molecule has 0 saturated carbocycles. The molecule has 20 heavy (non-hydrogen) atoms. The third kappa shape index (κ3) is 5.45. The Hall–Kier alpha value is -1.80. The second-order valence-corrected chi connectivity index (χ2v) is 3.93. The van der Waals surface area contributed by atoms with E-state index in [0.29, 0.717) is 0 Å². The molecule has 0 spiro atoms. The molecule has 0 aliphatic rings. The standard InChI is InChI=1S/C12H15F3N2O3/c1-19-7-9(6-16)17-11(18)8-2-4-10(5-3-8)20-12(13,14)15/h2-5,9H,6-7,16H2,1H3,(H,17,18). The number of rotatable bonds is 6. The molecule has 0 bridgehead atoms. The van der Waals surface area contributed by atoms with Crippen molar-refractivity contribution in [1.29, 1.82) is 0 Å². The molecule has 8 heteroatoms. The van der Waals surface area contributed by atoms with Crippen molar-refractivity contribution in [2.75, 3.05) is 20.3 Å². The van der Waals surface area contributed by atoms with E-state index in [9.17, 15) is 18.0 Å². The number of carbonyl (C=O) groups is 1. The van der Waals surface area contributed by atoms with E-state index in [-0.39, 0.29) is 30.5 Å². The Labute approximate surface area is 113 Å². The van der Waals surface area contributed by atoms with Crippen molar-refractivity contribution in [3.8, 4) is 5.75 Å². The van der Waals surface area contributed by atoms with Crippen LogP contribution in [0.4, 0.5) is 13.2 Å². The van der Waals surface area contributed by atoms with Crippen LogP contribution in [0.2, 0.25) is 0 Å². The summed E-state index contributed by atoms with van der Waals surface area (Å²) in [5, 5.41) is 2.60. The number of halogens is 3. The van der Waals surface area contributed by atoms with E-state index in [1.165, 1.54) is 19.2 Å². The van der Waals surface area contributed by atoms with Gasteiger partial charge in [-0.3, -0.25) is 4.79 Å². The van der Waals surface area contributed by atoms with Crippen LogP contribution in [-0.4, -0.2) is 38.6 Å². The third-order valence-corrected chi connectivity index (χ3v) is 2.34. The van der Waals surface area contributed by atoms with Crippen LogP contribution < -0.4 is 15.8 Å². The first-order valence-corrected chi connectivity index (χ1v) is 5.71. The van der Waals surface area contributed by atoms with E-state index < -0.39 is 12.3 Å². The zero-order valence-electron chi connectivity index (χ0n) is 10.7. The number of alkyl halides is 3. The maximum Gasteiger partial charge on any atom is 0.573 e. The third-order valence-electron chi connectivity index (χ3n) is 2.34. The van der Waals surface area contributed by atoms with Crippen LogP contribution in [0.15, 0.2) is 24.3 Å². The second kappa shape index (κ2) is 7.11. The van der Waals surface area contributed by atoms with Crippen molar-refractivity contribution in [3.63, 3.8) is 0 Å². The lowest BCUT2D eigenvalue weighted by molar-refractivity contribution is -0.274. The minimum atomic E-state index is -4.76. The molecular weight excluding hydrogens is 277 g/mol. The van der Waals surface area contributed by atoms with Gasteiger partial charge in [0.05, 0.1) is 12.6 Å². The number of benzene rings is 1. The second-order valence-electron chi connectivity index (χ2n) is 3.93. The molecule has 0 aliphatic heterocycles. The first kappa shape index (κ1) is 16.3. The van der Waals surface area contributed by atoms with E-state index >= 15 is 0 Å². The molecule has 1 aromatic rings. The molecule has 1 atom stereocenters. The molecule has 1 rings (SSSR count). The highest BCUT2D eigenvalue weighted by Crippen LogP contribution is 2.22. The fourth-order valence-electron chi connectivity index (χ4n) is 1.45. The SMILES string of the molecule is COCC(CN)NC(=O)c1ccc(OC(F)(F)F)cc1. The fraction of sp³-hybridized carbons (Fsp3) is 0.417. The summed E-state index contributed by atoms with van der Waals surface area (Å²) >= 11 is 0. The monoisotopic (exact) mass is 292 g/mol. The van der Waals surface area contributed by atoms with Gasteiger partial charge in [0, 0.05) is 19.2 Å². The zero-order valence-corrected chi connectivity index (χ0v) is 10.7. The summed E-state index contributed by atoms with van der Waals surface area (Å²) in [5.74, 6) is -0.836. The van der Waals surface area contributed by atoms with Crippen molar-refractivity contribution in [1.82, 2.24) is 5.32 Å². The molecular formula is C12H15F3N2O3. The van der Waals surface area contributed by atoms with Gasteiger partial charge in [-0.15, -0.1) is 13.2 Å². The molecule has 0 fully saturated rings. The summed E-state index contributed by atoms with van der Waals surface area (Å²) in [6.45, 7) is 0.437. The Morgan fingerprint density at radius 3 is 2.40 bits per heavy atom. The Morgan fingerprint density at radius 1 is 1.35 bits per heavy atom. The predicted molar refractivity (Wildman–Crippen MR) is 65.3 cm³/mol. The first-order valence-electron chi connectivity index (χ1n) is 5.71. The van der Waals surface area contributed by atoms with Gasteiger partial charge in [-0.1, -0.05) is 0 Å². The van der Waals surface area contributed by atoms with Gasteiger partial charge in [-0.25, -0.2) is 0 Å². The van der Waals surface area contributed by atoms with Crippen molar-refractivity contribution in [3.05, 3.63) is 29.8 Å². The maximum atomic E-state index is 12.0. The molecule has 1 unspecified atom stereocenters.